The van der Waals surface area contributed by atoms with Crippen LogP contribution in [0.15, 0.2) is 66.7 Å². The molecule has 2 heteroatoms. The standard InChI is InChI=1S/C19H15FO/c1-13-2-3-17(12-19(13)20)16-6-4-14(5-7-16)15-8-10-18(21)11-9-15/h2-12,21H,1H3. The molecule has 3 aromatic rings. The van der Waals surface area contributed by atoms with Crippen molar-refractivity contribution in [3.05, 3.63) is 78.1 Å². The summed E-state index contributed by atoms with van der Waals surface area (Å²) >= 11 is 0. The summed E-state index contributed by atoms with van der Waals surface area (Å²) in [6, 6.07) is 20.3. The number of hydrogen-bond acceptors (Lipinski definition) is 1. The first-order valence-electron chi connectivity index (χ1n) is 6.79. The highest BCUT2D eigenvalue weighted by molar-refractivity contribution is 5.70. The van der Waals surface area contributed by atoms with Gasteiger partial charge >= 0.3 is 0 Å². The Labute approximate surface area is 123 Å². The summed E-state index contributed by atoms with van der Waals surface area (Å²) in [5.74, 6) is 0.0700. The summed E-state index contributed by atoms with van der Waals surface area (Å²) < 4.78 is 13.6. The van der Waals surface area contributed by atoms with E-state index in [9.17, 15) is 9.50 Å². The highest BCUT2D eigenvalue weighted by Gasteiger charge is 2.03. The van der Waals surface area contributed by atoms with Crippen molar-refractivity contribution in [2.75, 3.05) is 0 Å². The minimum Gasteiger partial charge on any atom is -0.508 e. The van der Waals surface area contributed by atoms with E-state index in [0.717, 1.165) is 22.3 Å². The van der Waals surface area contributed by atoms with Gasteiger partial charge in [-0.25, -0.2) is 4.39 Å². The average molecular weight is 278 g/mol. The van der Waals surface area contributed by atoms with Gasteiger partial charge in [-0.15, -0.1) is 0 Å². The molecule has 0 aliphatic carbocycles. The topological polar surface area (TPSA) is 20.2 Å². The van der Waals surface area contributed by atoms with Gasteiger partial charge in [0, 0.05) is 0 Å². The highest BCUT2D eigenvalue weighted by Crippen LogP contribution is 2.26. The van der Waals surface area contributed by atoms with Crippen LogP contribution >= 0.6 is 0 Å². The zero-order valence-corrected chi connectivity index (χ0v) is 11.7. The van der Waals surface area contributed by atoms with Crippen LogP contribution in [0.4, 0.5) is 4.39 Å². The van der Waals surface area contributed by atoms with Crippen molar-refractivity contribution in [1.29, 1.82) is 0 Å². The summed E-state index contributed by atoms with van der Waals surface area (Å²) in [5.41, 5.74) is 4.60. The molecule has 0 aliphatic heterocycles. The monoisotopic (exact) mass is 278 g/mol. The molecule has 0 spiro atoms. The molecule has 0 bridgehead atoms. The van der Waals surface area contributed by atoms with Gasteiger partial charge in [0.15, 0.2) is 0 Å². The maximum absolute atomic E-state index is 13.6. The summed E-state index contributed by atoms with van der Waals surface area (Å²) in [5, 5.41) is 9.31. The molecule has 1 N–H and O–H groups in total. The van der Waals surface area contributed by atoms with Crippen LogP contribution in [-0.2, 0) is 0 Å². The highest BCUT2D eigenvalue weighted by atomic mass is 19.1. The van der Waals surface area contributed by atoms with E-state index in [1.807, 2.05) is 42.5 Å². The quantitative estimate of drug-likeness (QED) is 0.685. The largest absolute Gasteiger partial charge is 0.508 e. The first kappa shape index (κ1) is 13.4. The summed E-state index contributed by atoms with van der Waals surface area (Å²) in [4.78, 5) is 0. The van der Waals surface area contributed by atoms with Gasteiger partial charge in [-0.3, -0.25) is 0 Å². The van der Waals surface area contributed by atoms with Gasteiger partial charge in [0.2, 0.25) is 0 Å². The molecule has 0 atom stereocenters. The molecule has 0 saturated carbocycles. The molecule has 3 rings (SSSR count). The molecule has 104 valence electrons. The van der Waals surface area contributed by atoms with Crippen molar-refractivity contribution in [3.63, 3.8) is 0 Å². The van der Waals surface area contributed by atoms with E-state index in [4.69, 9.17) is 0 Å². The van der Waals surface area contributed by atoms with E-state index in [2.05, 4.69) is 0 Å². The lowest BCUT2D eigenvalue weighted by Crippen LogP contribution is -1.85. The Balaban J connectivity index is 1.93. The smallest absolute Gasteiger partial charge is 0.126 e. The predicted molar refractivity (Wildman–Crippen MR) is 83.7 cm³/mol. The van der Waals surface area contributed by atoms with Crippen molar-refractivity contribution in [2.24, 2.45) is 0 Å². The van der Waals surface area contributed by atoms with Crippen LogP contribution in [0.25, 0.3) is 22.3 Å². The van der Waals surface area contributed by atoms with Crippen LogP contribution in [0.5, 0.6) is 5.75 Å². The van der Waals surface area contributed by atoms with Gasteiger partial charge in [0.1, 0.15) is 11.6 Å². The number of phenolic OH excluding ortho intramolecular Hbond substituents is 1. The number of aromatic hydroxyl groups is 1. The van der Waals surface area contributed by atoms with E-state index in [0.29, 0.717) is 5.56 Å². The third-order valence-corrected chi connectivity index (χ3v) is 3.59. The molecule has 0 radical (unpaired) electrons. The number of phenols is 1. The van der Waals surface area contributed by atoms with Crippen molar-refractivity contribution < 1.29 is 9.50 Å². The fourth-order valence-corrected chi connectivity index (χ4v) is 2.28. The van der Waals surface area contributed by atoms with Crippen molar-refractivity contribution in [1.82, 2.24) is 0 Å². The normalized spacial score (nSPS) is 10.6. The number of halogens is 1. The van der Waals surface area contributed by atoms with E-state index in [-0.39, 0.29) is 11.6 Å². The number of rotatable bonds is 2. The molecule has 0 aromatic heterocycles. The summed E-state index contributed by atoms with van der Waals surface area (Å²) in [6.45, 7) is 1.76. The maximum Gasteiger partial charge on any atom is 0.126 e. The van der Waals surface area contributed by atoms with Crippen molar-refractivity contribution >= 4 is 0 Å². The molecule has 0 unspecified atom stereocenters. The van der Waals surface area contributed by atoms with Gasteiger partial charge in [0.05, 0.1) is 0 Å². The number of hydrogen-bond donors (Lipinski definition) is 1. The number of aryl methyl sites for hydroxylation is 1. The second-order valence-corrected chi connectivity index (χ2v) is 5.09. The molecule has 1 nitrogen and oxygen atoms in total. The van der Waals surface area contributed by atoms with Crippen LogP contribution in [-0.4, -0.2) is 5.11 Å². The maximum atomic E-state index is 13.6. The van der Waals surface area contributed by atoms with Gasteiger partial charge in [-0.1, -0.05) is 48.5 Å². The molecular formula is C19H15FO. The zero-order chi connectivity index (χ0) is 14.8. The first-order chi connectivity index (χ1) is 10.1. The Bertz CT molecular complexity index is 759. The third-order valence-electron chi connectivity index (χ3n) is 3.59. The molecule has 0 aliphatic rings. The third kappa shape index (κ3) is 2.79. The fraction of sp³-hybridized carbons (Fsp3) is 0.0526. The Morgan fingerprint density at radius 3 is 1.62 bits per heavy atom. The Morgan fingerprint density at radius 1 is 0.667 bits per heavy atom. The lowest BCUT2D eigenvalue weighted by Gasteiger charge is -2.06. The first-order valence-corrected chi connectivity index (χ1v) is 6.79. The van der Waals surface area contributed by atoms with Gasteiger partial charge in [-0.05, 0) is 52.9 Å². The van der Waals surface area contributed by atoms with E-state index in [1.54, 1.807) is 31.2 Å². The van der Waals surface area contributed by atoms with Crippen LogP contribution in [0, 0.1) is 12.7 Å². The predicted octanol–water partition coefficient (Wildman–Crippen LogP) is 5.17. The molecule has 0 amide bonds. The SMILES string of the molecule is Cc1ccc(-c2ccc(-c3ccc(O)cc3)cc2)cc1F. The van der Waals surface area contributed by atoms with Gasteiger partial charge in [-0.2, -0.15) is 0 Å². The van der Waals surface area contributed by atoms with Crippen LogP contribution in [0.2, 0.25) is 0 Å². The Kier molecular flexibility index (Phi) is 3.44. The lowest BCUT2D eigenvalue weighted by atomic mass is 9.99. The fourth-order valence-electron chi connectivity index (χ4n) is 2.28. The van der Waals surface area contributed by atoms with Crippen LogP contribution in [0.3, 0.4) is 0 Å². The molecule has 21 heavy (non-hydrogen) atoms. The van der Waals surface area contributed by atoms with Crippen molar-refractivity contribution in [2.45, 2.75) is 6.92 Å². The Morgan fingerprint density at radius 2 is 1.10 bits per heavy atom. The van der Waals surface area contributed by atoms with E-state index >= 15 is 0 Å². The molecule has 3 aromatic carbocycles. The zero-order valence-electron chi connectivity index (χ0n) is 11.7. The second-order valence-electron chi connectivity index (χ2n) is 5.09. The Hall–Kier alpha value is -2.61. The average Bonchev–Trinajstić information content (AvgIpc) is 2.51. The van der Waals surface area contributed by atoms with Gasteiger partial charge in [0.25, 0.3) is 0 Å². The minimum atomic E-state index is -0.185. The molecule has 0 saturated heterocycles. The lowest BCUT2D eigenvalue weighted by molar-refractivity contribution is 0.475. The summed E-state index contributed by atoms with van der Waals surface area (Å²) in [7, 11) is 0. The molecule has 0 heterocycles. The summed E-state index contributed by atoms with van der Waals surface area (Å²) in [6.07, 6.45) is 0. The van der Waals surface area contributed by atoms with Crippen LogP contribution < -0.4 is 0 Å². The van der Waals surface area contributed by atoms with E-state index < -0.39 is 0 Å². The minimum absolute atomic E-state index is 0.185. The molecule has 0 fully saturated rings. The van der Waals surface area contributed by atoms with E-state index in [1.165, 1.54) is 0 Å². The van der Waals surface area contributed by atoms with Crippen LogP contribution in [0.1, 0.15) is 5.56 Å². The second kappa shape index (κ2) is 5.41. The van der Waals surface area contributed by atoms with Gasteiger partial charge < -0.3 is 5.11 Å². The van der Waals surface area contributed by atoms with Crippen molar-refractivity contribution in [3.8, 4) is 28.0 Å². The number of benzene rings is 3. The molecular weight excluding hydrogens is 263 g/mol.